The smallest absolute Gasteiger partial charge is 0.175 e. The van der Waals surface area contributed by atoms with Crippen molar-refractivity contribution in [3.63, 3.8) is 0 Å². The molecule has 0 aliphatic carbocycles. The zero-order valence-electron chi connectivity index (χ0n) is 15.3. The van der Waals surface area contributed by atoms with Crippen LogP contribution in [0.4, 0.5) is 4.39 Å². The minimum absolute atomic E-state index is 0. The number of H-pyrrole nitrogens is 1. The van der Waals surface area contributed by atoms with E-state index in [0.29, 0.717) is 11.5 Å². The summed E-state index contributed by atoms with van der Waals surface area (Å²) in [5.41, 5.74) is 3.85. The van der Waals surface area contributed by atoms with Crippen molar-refractivity contribution in [3.8, 4) is 33.9 Å². The third-order valence-electron chi connectivity index (χ3n) is 4.35. The molecule has 0 aliphatic rings. The number of sulfone groups is 1. The van der Waals surface area contributed by atoms with Crippen LogP contribution in [0.2, 0.25) is 0 Å². The minimum Gasteiger partial charge on any atom is -0.337 e. The summed E-state index contributed by atoms with van der Waals surface area (Å²) in [6.07, 6.45) is 4.54. The van der Waals surface area contributed by atoms with Crippen LogP contribution in [0.15, 0.2) is 78.0 Å². The highest BCUT2D eigenvalue weighted by Crippen LogP contribution is 2.33. The first-order valence-electron chi connectivity index (χ1n) is 8.49. The summed E-state index contributed by atoms with van der Waals surface area (Å²) in [7, 11) is -3.27. The zero-order valence-corrected chi connectivity index (χ0v) is 17.0. The molecule has 0 unspecified atom stereocenters. The van der Waals surface area contributed by atoms with Gasteiger partial charge < -0.3 is 4.98 Å². The van der Waals surface area contributed by atoms with Gasteiger partial charge in [0.25, 0.3) is 0 Å². The Morgan fingerprint density at radius 3 is 2.00 bits per heavy atom. The van der Waals surface area contributed by atoms with Crippen molar-refractivity contribution in [2.24, 2.45) is 0 Å². The summed E-state index contributed by atoms with van der Waals surface area (Å²) in [6, 6.07) is 16.4. The molecule has 1 N–H and O–H groups in total. The van der Waals surface area contributed by atoms with E-state index in [1.807, 2.05) is 12.1 Å². The summed E-state index contributed by atoms with van der Waals surface area (Å²) in [5.74, 6) is 0.271. The molecule has 8 heteroatoms. The van der Waals surface area contributed by atoms with Gasteiger partial charge in [0.2, 0.25) is 0 Å². The molecule has 5 nitrogen and oxygen atoms in total. The Hall–Kier alpha value is -3.03. The maximum Gasteiger partial charge on any atom is 0.175 e. The van der Waals surface area contributed by atoms with Crippen LogP contribution in [-0.4, -0.2) is 29.6 Å². The monoisotopic (exact) mass is 429 g/mol. The van der Waals surface area contributed by atoms with E-state index in [9.17, 15) is 12.8 Å². The second-order valence-electron chi connectivity index (χ2n) is 6.35. The second-order valence-corrected chi connectivity index (χ2v) is 8.36. The molecule has 0 radical (unpaired) electrons. The number of nitrogens with one attached hydrogen (secondary N) is 1. The molecule has 4 rings (SSSR count). The number of aromatic amines is 1. The molecule has 0 saturated heterocycles. The van der Waals surface area contributed by atoms with E-state index >= 15 is 0 Å². The molecule has 0 spiro atoms. The van der Waals surface area contributed by atoms with Crippen molar-refractivity contribution in [2.75, 3.05) is 6.26 Å². The molecule has 0 saturated carbocycles. The molecule has 0 amide bonds. The molecule has 2 aromatic carbocycles. The first kappa shape index (κ1) is 20.7. The Morgan fingerprint density at radius 2 is 1.41 bits per heavy atom. The third kappa shape index (κ3) is 4.36. The van der Waals surface area contributed by atoms with Gasteiger partial charge in [-0.05, 0) is 60.7 Å². The van der Waals surface area contributed by atoms with Crippen molar-refractivity contribution < 1.29 is 12.8 Å². The number of hydrogen-bond acceptors (Lipinski definition) is 4. The number of halogens is 2. The average molecular weight is 430 g/mol. The first-order chi connectivity index (χ1) is 13.4. The average Bonchev–Trinajstić information content (AvgIpc) is 3.14. The molecule has 2 heterocycles. The van der Waals surface area contributed by atoms with Gasteiger partial charge in [0.15, 0.2) is 9.84 Å². The molecule has 0 aliphatic heterocycles. The van der Waals surface area contributed by atoms with Crippen LogP contribution in [-0.2, 0) is 9.84 Å². The van der Waals surface area contributed by atoms with E-state index in [4.69, 9.17) is 4.98 Å². The van der Waals surface area contributed by atoms with Gasteiger partial charge in [0, 0.05) is 35.3 Å². The van der Waals surface area contributed by atoms with E-state index in [-0.39, 0.29) is 23.1 Å². The van der Waals surface area contributed by atoms with Gasteiger partial charge in [-0.2, -0.15) is 0 Å². The minimum atomic E-state index is -3.27. The van der Waals surface area contributed by atoms with Gasteiger partial charge in [-0.25, -0.2) is 17.8 Å². The highest BCUT2D eigenvalue weighted by molar-refractivity contribution is 7.90. The highest BCUT2D eigenvalue weighted by Gasteiger charge is 2.16. The van der Waals surface area contributed by atoms with Crippen LogP contribution in [0.5, 0.6) is 0 Å². The summed E-state index contributed by atoms with van der Waals surface area (Å²) in [5, 5.41) is 0. The fourth-order valence-corrected chi connectivity index (χ4v) is 3.54. The van der Waals surface area contributed by atoms with Crippen LogP contribution in [0.3, 0.4) is 0 Å². The fraction of sp³-hybridized carbons (Fsp3) is 0.0476. The molecule has 0 bridgehead atoms. The van der Waals surface area contributed by atoms with Gasteiger partial charge >= 0.3 is 0 Å². The van der Waals surface area contributed by atoms with Gasteiger partial charge in [0.05, 0.1) is 16.3 Å². The lowest BCUT2D eigenvalue weighted by Gasteiger charge is -2.02. The topological polar surface area (TPSA) is 75.7 Å². The Balaban J connectivity index is 0.00000240. The maximum atomic E-state index is 13.3. The Labute approximate surface area is 174 Å². The van der Waals surface area contributed by atoms with Crippen LogP contribution >= 0.6 is 12.4 Å². The Morgan fingerprint density at radius 1 is 0.828 bits per heavy atom. The van der Waals surface area contributed by atoms with Gasteiger partial charge in [0.1, 0.15) is 11.6 Å². The Kier molecular flexibility index (Phi) is 5.81. The second kappa shape index (κ2) is 8.14. The van der Waals surface area contributed by atoms with Crippen LogP contribution < -0.4 is 0 Å². The number of pyridine rings is 1. The summed E-state index contributed by atoms with van der Waals surface area (Å²) < 4.78 is 36.7. The van der Waals surface area contributed by atoms with Crippen LogP contribution in [0.1, 0.15) is 0 Å². The highest BCUT2D eigenvalue weighted by atomic mass is 35.5. The van der Waals surface area contributed by atoms with Crippen molar-refractivity contribution in [2.45, 2.75) is 4.90 Å². The summed E-state index contributed by atoms with van der Waals surface area (Å²) in [4.78, 5) is 12.3. The lowest BCUT2D eigenvalue weighted by Crippen LogP contribution is -1.96. The maximum absolute atomic E-state index is 13.3. The largest absolute Gasteiger partial charge is 0.337 e. The molecule has 2 aromatic heterocycles. The lowest BCUT2D eigenvalue weighted by atomic mass is 10.1. The predicted molar refractivity (Wildman–Crippen MR) is 113 cm³/mol. The number of hydrogen-bond donors (Lipinski definition) is 1. The van der Waals surface area contributed by atoms with Gasteiger partial charge in [-0.15, -0.1) is 12.4 Å². The SMILES string of the molecule is CS(=O)(=O)c1ccc(-c2nc(-c3ccc(F)cc3)c(-c3ccncc3)[nH]2)cc1.Cl. The molecular formula is C21H17ClFN3O2S. The first-order valence-corrected chi connectivity index (χ1v) is 10.4. The quantitative estimate of drug-likeness (QED) is 0.507. The number of imidazole rings is 1. The molecule has 0 atom stereocenters. The molecule has 4 aromatic rings. The van der Waals surface area contributed by atoms with E-state index < -0.39 is 9.84 Å². The predicted octanol–water partition coefficient (Wildman–Crippen LogP) is 4.77. The van der Waals surface area contributed by atoms with Crippen molar-refractivity contribution in [1.82, 2.24) is 15.0 Å². The van der Waals surface area contributed by atoms with Crippen molar-refractivity contribution >= 4 is 22.2 Å². The number of rotatable bonds is 4. The molecule has 148 valence electrons. The lowest BCUT2D eigenvalue weighted by molar-refractivity contribution is 0.602. The van der Waals surface area contributed by atoms with E-state index in [1.54, 1.807) is 48.8 Å². The number of aromatic nitrogens is 3. The van der Waals surface area contributed by atoms with E-state index in [1.165, 1.54) is 18.4 Å². The van der Waals surface area contributed by atoms with Crippen molar-refractivity contribution in [3.05, 3.63) is 78.9 Å². The number of benzene rings is 2. The van der Waals surface area contributed by atoms with E-state index in [0.717, 1.165) is 22.4 Å². The third-order valence-corrected chi connectivity index (χ3v) is 5.47. The standard InChI is InChI=1S/C21H16FN3O2S.ClH/c1-28(26,27)18-8-4-16(5-9-18)21-24-19(14-2-6-17(22)7-3-14)20(25-21)15-10-12-23-13-11-15;/h2-13H,1H3,(H,24,25);1H. The van der Waals surface area contributed by atoms with Crippen LogP contribution in [0.25, 0.3) is 33.9 Å². The fourth-order valence-electron chi connectivity index (χ4n) is 2.91. The summed E-state index contributed by atoms with van der Waals surface area (Å²) in [6.45, 7) is 0. The Bertz CT molecular complexity index is 1220. The van der Waals surface area contributed by atoms with Gasteiger partial charge in [-0.1, -0.05) is 0 Å². The molecule has 0 fully saturated rings. The normalized spacial score (nSPS) is 11.1. The van der Waals surface area contributed by atoms with E-state index in [2.05, 4.69) is 9.97 Å². The number of nitrogens with zero attached hydrogens (tertiary/aromatic N) is 2. The molecular weight excluding hydrogens is 413 g/mol. The summed E-state index contributed by atoms with van der Waals surface area (Å²) >= 11 is 0. The van der Waals surface area contributed by atoms with Gasteiger partial charge in [-0.3, -0.25) is 4.98 Å². The molecule has 29 heavy (non-hydrogen) atoms. The van der Waals surface area contributed by atoms with Crippen molar-refractivity contribution in [1.29, 1.82) is 0 Å². The zero-order chi connectivity index (χ0) is 19.7. The van der Waals surface area contributed by atoms with Crippen LogP contribution in [0, 0.1) is 5.82 Å².